The second kappa shape index (κ2) is 5.30. The third-order valence-electron chi connectivity index (χ3n) is 2.72. The molecule has 2 atom stereocenters. The third kappa shape index (κ3) is 2.76. The lowest BCUT2D eigenvalue weighted by atomic mass is 10.2. The molecule has 18 heavy (non-hydrogen) atoms. The molecule has 1 fully saturated rings. The van der Waals surface area contributed by atoms with E-state index < -0.39 is 29.8 Å². The maximum atomic E-state index is 13.2. The van der Waals surface area contributed by atoms with Crippen LogP contribution in [0.5, 0.6) is 5.75 Å². The summed E-state index contributed by atoms with van der Waals surface area (Å²) < 4.78 is 36.4. The Bertz CT molecular complexity index is 450. The van der Waals surface area contributed by atoms with Crippen molar-refractivity contribution < 1.29 is 28.2 Å². The molecule has 98 valence electrons. The highest BCUT2D eigenvalue weighted by atomic mass is 19.2. The van der Waals surface area contributed by atoms with Gasteiger partial charge in [0.05, 0.1) is 6.10 Å². The highest BCUT2D eigenvalue weighted by Crippen LogP contribution is 2.23. The lowest BCUT2D eigenvalue weighted by Gasteiger charge is -2.13. The van der Waals surface area contributed by atoms with Gasteiger partial charge in [0.2, 0.25) is 5.82 Å². The second-order valence-electron chi connectivity index (χ2n) is 4.03. The van der Waals surface area contributed by atoms with Gasteiger partial charge in [0.1, 0.15) is 6.61 Å². The Balaban J connectivity index is 1.89. The molecule has 1 aromatic rings. The second-order valence-corrected chi connectivity index (χ2v) is 4.03. The zero-order valence-corrected chi connectivity index (χ0v) is 9.44. The number of carboxylic acids is 1. The van der Waals surface area contributed by atoms with Crippen molar-refractivity contribution in [3.63, 3.8) is 0 Å². The summed E-state index contributed by atoms with van der Waals surface area (Å²) in [5, 5.41) is 8.72. The average Bonchev–Trinajstić information content (AvgIpc) is 2.80. The van der Waals surface area contributed by atoms with Crippen LogP contribution in [-0.4, -0.2) is 29.9 Å². The van der Waals surface area contributed by atoms with Crippen LogP contribution < -0.4 is 4.74 Å². The van der Waals surface area contributed by atoms with Crippen LogP contribution in [0.2, 0.25) is 0 Å². The first-order chi connectivity index (χ1) is 8.58. The molecule has 2 unspecified atom stereocenters. The summed E-state index contributed by atoms with van der Waals surface area (Å²) in [6.45, 7) is 0.00412. The van der Waals surface area contributed by atoms with E-state index in [-0.39, 0.29) is 12.4 Å². The fourth-order valence-corrected chi connectivity index (χ4v) is 1.79. The molecular formula is C12H12F2O4. The summed E-state index contributed by atoms with van der Waals surface area (Å²) in [5.74, 6) is -3.25. The maximum Gasteiger partial charge on any atom is 0.332 e. The Morgan fingerprint density at radius 3 is 2.89 bits per heavy atom. The molecule has 1 aliphatic heterocycles. The molecule has 6 heteroatoms. The SMILES string of the molecule is O=C(O)C1CCC(COc2cccc(F)c2F)O1. The third-order valence-corrected chi connectivity index (χ3v) is 2.72. The van der Waals surface area contributed by atoms with Gasteiger partial charge in [-0.25, -0.2) is 9.18 Å². The number of halogens is 2. The molecule has 0 saturated carbocycles. The number of carboxylic acid groups (broad SMARTS) is 1. The van der Waals surface area contributed by atoms with Gasteiger partial charge in [-0.3, -0.25) is 0 Å². The van der Waals surface area contributed by atoms with Crippen molar-refractivity contribution in [2.45, 2.75) is 25.0 Å². The number of rotatable bonds is 4. The van der Waals surface area contributed by atoms with Crippen LogP contribution in [0.25, 0.3) is 0 Å². The quantitative estimate of drug-likeness (QED) is 0.897. The molecule has 0 spiro atoms. The van der Waals surface area contributed by atoms with Crippen LogP contribution in [0.3, 0.4) is 0 Å². The van der Waals surface area contributed by atoms with E-state index in [0.29, 0.717) is 12.8 Å². The standard InChI is InChI=1S/C12H12F2O4/c13-8-2-1-3-9(11(8)14)17-6-7-4-5-10(18-7)12(15)16/h1-3,7,10H,4-6H2,(H,15,16). The van der Waals surface area contributed by atoms with Gasteiger partial charge >= 0.3 is 5.97 Å². The van der Waals surface area contributed by atoms with Crippen molar-refractivity contribution in [1.82, 2.24) is 0 Å². The van der Waals surface area contributed by atoms with E-state index in [4.69, 9.17) is 14.6 Å². The number of hydrogen-bond acceptors (Lipinski definition) is 3. The molecule has 1 aromatic carbocycles. The molecule has 1 N–H and O–H groups in total. The topological polar surface area (TPSA) is 55.8 Å². The number of carbonyl (C=O) groups is 1. The Labute approximate surface area is 102 Å². The van der Waals surface area contributed by atoms with Crippen LogP contribution >= 0.6 is 0 Å². The minimum absolute atomic E-state index is 0.00412. The normalized spacial score (nSPS) is 23.0. The van der Waals surface area contributed by atoms with Gasteiger partial charge in [0.25, 0.3) is 0 Å². The van der Waals surface area contributed by atoms with Gasteiger partial charge in [0, 0.05) is 0 Å². The van der Waals surface area contributed by atoms with Crippen molar-refractivity contribution in [1.29, 1.82) is 0 Å². The first-order valence-corrected chi connectivity index (χ1v) is 5.53. The smallest absolute Gasteiger partial charge is 0.332 e. The minimum Gasteiger partial charge on any atom is -0.488 e. The molecule has 0 radical (unpaired) electrons. The van der Waals surface area contributed by atoms with Gasteiger partial charge in [-0.05, 0) is 25.0 Å². The summed E-state index contributed by atoms with van der Waals surface area (Å²) in [6, 6.07) is 3.64. The van der Waals surface area contributed by atoms with E-state index in [1.807, 2.05) is 0 Å². The highest BCUT2D eigenvalue weighted by Gasteiger charge is 2.30. The molecule has 1 aliphatic rings. The first kappa shape index (κ1) is 12.8. The summed E-state index contributed by atoms with van der Waals surface area (Å²) in [6.07, 6.45) is -0.326. The van der Waals surface area contributed by atoms with Crippen LogP contribution in [0, 0.1) is 11.6 Å². The molecule has 0 amide bonds. The van der Waals surface area contributed by atoms with E-state index in [0.717, 1.165) is 6.07 Å². The van der Waals surface area contributed by atoms with E-state index >= 15 is 0 Å². The van der Waals surface area contributed by atoms with E-state index in [9.17, 15) is 13.6 Å². The van der Waals surface area contributed by atoms with Gasteiger partial charge in [-0.15, -0.1) is 0 Å². The largest absolute Gasteiger partial charge is 0.488 e. The molecule has 0 bridgehead atoms. The van der Waals surface area contributed by atoms with E-state index in [1.54, 1.807) is 0 Å². The Hall–Kier alpha value is -1.69. The van der Waals surface area contributed by atoms with Crippen molar-refractivity contribution in [3.8, 4) is 5.75 Å². The van der Waals surface area contributed by atoms with Crippen LogP contribution in [-0.2, 0) is 9.53 Å². The first-order valence-electron chi connectivity index (χ1n) is 5.53. The van der Waals surface area contributed by atoms with Gasteiger partial charge in [-0.2, -0.15) is 4.39 Å². The van der Waals surface area contributed by atoms with Crippen LogP contribution in [0.15, 0.2) is 18.2 Å². The molecule has 1 heterocycles. The lowest BCUT2D eigenvalue weighted by molar-refractivity contribution is -0.149. The minimum atomic E-state index is -1.05. The molecule has 4 nitrogen and oxygen atoms in total. The van der Waals surface area contributed by atoms with Gasteiger partial charge < -0.3 is 14.6 Å². The van der Waals surface area contributed by atoms with E-state index in [2.05, 4.69) is 0 Å². The van der Waals surface area contributed by atoms with Crippen LogP contribution in [0.1, 0.15) is 12.8 Å². The molecule has 0 aliphatic carbocycles. The number of aliphatic carboxylic acids is 1. The number of ether oxygens (including phenoxy) is 2. The summed E-state index contributed by atoms with van der Waals surface area (Å²) in [5.41, 5.74) is 0. The van der Waals surface area contributed by atoms with Crippen molar-refractivity contribution in [3.05, 3.63) is 29.8 Å². The molecule has 2 rings (SSSR count). The van der Waals surface area contributed by atoms with Crippen molar-refractivity contribution in [2.75, 3.05) is 6.61 Å². The van der Waals surface area contributed by atoms with Gasteiger partial charge in [0.15, 0.2) is 17.7 Å². The fraction of sp³-hybridized carbons (Fsp3) is 0.417. The zero-order chi connectivity index (χ0) is 13.1. The van der Waals surface area contributed by atoms with Crippen molar-refractivity contribution in [2.24, 2.45) is 0 Å². The summed E-state index contributed by atoms with van der Waals surface area (Å²) >= 11 is 0. The monoisotopic (exact) mass is 258 g/mol. The maximum absolute atomic E-state index is 13.2. The molecular weight excluding hydrogens is 246 g/mol. The lowest BCUT2D eigenvalue weighted by Crippen LogP contribution is -2.23. The zero-order valence-electron chi connectivity index (χ0n) is 9.44. The summed E-state index contributed by atoms with van der Waals surface area (Å²) in [7, 11) is 0. The Morgan fingerprint density at radius 2 is 2.22 bits per heavy atom. The van der Waals surface area contributed by atoms with Gasteiger partial charge in [-0.1, -0.05) is 6.07 Å². The van der Waals surface area contributed by atoms with E-state index in [1.165, 1.54) is 12.1 Å². The predicted molar refractivity (Wildman–Crippen MR) is 57.4 cm³/mol. The number of benzene rings is 1. The Morgan fingerprint density at radius 1 is 1.44 bits per heavy atom. The molecule has 0 aromatic heterocycles. The predicted octanol–water partition coefficient (Wildman–Crippen LogP) is 1.98. The molecule has 1 saturated heterocycles. The number of hydrogen-bond donors (Lipinski definition) is 1. The Kier molecular flexibility index (Phi) is 3.76. The van der Waals surface area contributed by atoms with Crippen LogP contribution in [0.4, 0.5) is 8.78 Å². The summed E-state index contributed by atoms with van der Waals surface area (Å²) in [4.78, 5) is 10.6. The fourth-order valence-electron chi connectivity index (χ4n) is 1.79. The van der Waals surface area contributed by atoms with Crippen molar-refractivity contribution >= 4 is 5.97 Å². The highest BCUT2D eigenvalue weighted by molar-refractivity contribution is 5.72. The average molecular weight is 258 g/mol.